The first-order valence-corrected chi connectivity index (χ1v) is 6.01. The normalized spacial score (nSPS) is 11.2. The average Bonchev–Trinajstić information content (AvgIpc) is 2.27. The number of hydrogen-bond donors (Lipinski definition) is 2. The number of nitriles is 1. The largest absolute Gasteiger partial charge is 0.389 e. The molecule has 0 unspecified atom stereocenters. The van der Waals surface area contributed by atoms with Gasteiger partial charge in [0.25, 0.3) is 0 Å². The van der Waals surface area contributed by atoms with Crippen molar-refractivity contribution in [2.45, 2.75) is 19.4 Å². The van der Waals surface area contributed by atoms with Gasteiger partial charge in [0.2, 0.25) is 5.91 Å². The average molecular weight is 261 g/mol. The highest BCUT2D eigenvalue weighted by atomic mass is 16.3. The van der Waals surface area contributed by atoms with Crippen LogP contribution in [-0.2, 0) is 4.79 Å². The van der Waals surface area contributed by atoms with Crippen LogP contribution in [0.4, 0.5) is 5.69 Å². The van der Waals surface area contributed by atoms with Gasteiger partial charge in [0.1, 0.15) is 0 Å². The van der Waals surface area contributed by atoms with Crippen LogP contribution in [-0.4, -0.2) is 41.7 Å². The number of aliphatic hydroxyl groups is 1. The molecule has 0 spiro atoms. The maximum absolute atomic E-state index is 11.8. The summed E-state index contributed by atoms with van der Waals surface area (Å²) in [5, 5.41) is 21.1. The fraction of sp³-hybridized carbons (Fsp3) is 0.429. The summed E-state index contributed by atoms with van der Waals surface area (Å²) in [5.41, 5.74) is 0.376. The minimum atomic E-state index is -0.830. The molecular weight excluding hydrogens is 242 g/mol. The standard InChI is InChI=1S/C14H19N3O2/c1-14(2,19)10-17(3)9-13(18)16-12-6-4-11(8-15)5-7-12/h4-7,19H,9-10H2,1-3H3,(H,16,18). The van der Waals surface area contributed by atoms with Crippen molar-refractivity contribution in [3.05, 3.63) is 29.8 Å². The minimum Gasteiger partial charge on any atom is -0.389 e. The number of benzene rings is 1. The van der Waals surface area contributed by atoms with E-state index < -0.39 is 5.60 Å². The summed E-state index contributed by atoms with van der Waals surface area (Å²) in [7, 11) is 1.77. The number of anilines is 1. The van der Waals surface area contributed by atoms with Gasteiger partial charge in [-0.3, -0.25) is 9.69 Å². The molecule has 0 radical (unpaired) electrons. The number of nitrogens with zero attached hydrogens (tertiary/aromatic N) is 2. The van der Waals surface area contributed by atoms with Crippen LogP contribution in [0.15, 0.2) is 24.3 Å². The molecule has 0 aliphatic carbocycles. The van der Waals surface area contributed by atoms with Crippen LogP contribution < -0.4 is 5.32 Å². The lowest BCUT2D eigenvalue weighted by atomic mass is 10.1. The van der Waals surface area contributed by atoms with Crippen molar-refractivity contribution in [2.24, 2.45) is 0 Å². The quantitative estimate of drug-likeness (QED) is 0.835. The van der Waals surface area contributed by atoms with Gasteiger partial charge in [0.15, 0.2) is 0 Å². The van der Waals surface area contributed by atoms with Crippen LogP contribution in [0.2, 0.25) is 0 Å². The van der Waals surface area contributed by atoms with Gasteiger partial charge in [0, 0.05) is 12.2 Å². The van der Waals surface area contributed by atoms with E-state index in [2.05, 4.69) is 5.32 Å². The van der Waals surface area contributed by atoms with E-state index in [1.165, 1.54) is 0 Å². The highest BCUT2D eigenvalue weighted by molar-refractivity contribution is 5.92. The number of nitrogens with one attached hydrogen (secondary N) is 1. The van der Waals surface area contributed by atoms with Gasteiger partial charge in [-0.1, -0.05) is 0 Å². The molecule has 2 N–H and O–H groups in total. The lowest BCUT2D eigenvalue weighted by Crippen LogP contribution is -2.40. The molecule has 1 amide bonds. The van der Waals surface area contributed by atoms with Crippen LogP contribution in [0.25, 0.3) is 0 Å². The Morgan fingerprint density at radius 1 is 1.42 bits per heavy atom. The zero-order valence-corrected chi connectivity index (χ0v) is 11.5. The molecule has 0 aliphatic heterocycles. The molecule has 0 bridgehead atoms. The summed E-state index contributed by atoms with van der Waals surface area (Å²) in [4.78, 5) is 13.5. The molecule has 0 aromatic heterocycles. The number of hydrogen-bond acceptors (Lipinski definition) is 4. The molecule has 0 aliphatic rings. The third-order valence-corrected chi connectivity index (χ3v) is 2.37. The van der Waals surface area contributed by atoms with Gasteiger partial charge in [0.05, 0.1) is 23.8 Å². The molecule has 102 valence electrons. The molecule has 0 saturated carbocycles. The van der Waals surface area contributed by atoms with Gasteiger partial charge in [-0.25, -0.2) is 0 Å². The summed E-state index contributed by atoms with van der Waals surface area (Å²) in [5.74, 6) is -0.156. The Bertz CT molecular complexity index is 469. The molecule has 1 aromatic carbocycles. The first kappa shape index (κ1) is 15.2. The van der Waals surface area contributed by atoms with E-state index >= 15 is 0 Å². The van der Waals surface area contributed by atoms with Crippen LogP contribution in [0.1, 0.15) is 19.4 Å². The Labute approximate surface area is 113 Å². The highest BCUT2D eigenvalue weighted by Gasteiger charge is 2.17. The summed E-state index contributed by atoms with van der Waals surface area (Å²) in [6, 6.07) is 8.69. The molecule has 5 heteroatoms. The molecular formula is C14H19N3O2. The molecule has 5 nitrogen and oxygen atoms in total. The predicted molar refractivity (Wildman–Crippen MR) is 73.6 cm³/mol. The highest BCUT2D eigenvalue weighted by Crippen LogP contribution is 2.09. The van der Waals surface area contributed by atoms with Crippen LogP contribution >= 0.6 is 0 Å². The molecule has 0 heterocycles. The smallest absolute Gasteiger partial charge is 0.238 e. The maximum Gasteiger partial charge on any atom is 0.238 e. The summed E-state index contributed by atoms with van der Waals surface area (Å²) in [6.45, 7) is 4.00. The SMILES string of the molecule is CN(CC(=O)Nc1ccc(C#N)cc1)CC(C)(C)O. The van der Waals surface area contributed by atoms with Gasteiger partial charge < -0.3 is 10.4 Å². The predicted octanol–water partition coefficient (Wildman–Crippen LogP) is 1.20. The molecule has 0 atom stereocenters. The van der Waals surface area contributed by atoms with Crippen molar-refractivity contribution in [1.29, 1.82) is 5.26 Å². The third kappa shape index (κ3) is 6.00. The Morgan fingerprint density at radius 2 is 2.00 bits per heavy atom. The van der Waals surface area contributed by atoms with E-state index in [1.54, 1.807) is 50.1 Å². The number of likely N-dealkylation sites (N-methyl/N-ethyl adjacent to an activating group) is 1. The van der Waals surface area contributed by atoms with Crippen molar-refractivity contribution in [3.8, 4) is 6.07 Å². The Balaban J connectivity index is 2.49. The second kappa shape index (κ2) is 6.32. The molecule has 0 fully saturated rings. The first-order chi connectivity index (χ1) is 8.80. The van der Waals surface area contributed by atoms with E-state index in [0.29, 0.717) is 17.8 Å². The summed E-state index contributed by atoms with van der Waals surface area (Å²) < 4.78 is 0. The monoisotopic (exact) mass is 261 g/mol. The van der Waals surface area contributed by atoms with E-state index in [1.807, 2.05) is 6.07 Å². The second-order valence-electron chi connectivity index (χ2n) is 5.22. The second-order valence-corrected chi connectivity index (χ2v) is 5.22. The lowest BCUT2D eigenvalue weighted by Gasteiger charge is -2.24. The Morgan fingerprint density at radius 3 is 2.47 bits per heavy atom. The number of carbonyl (C=O) groups is 1. The first-order valence-electron chi connectivity index (χ1n) is 6.01. The number of amides is 1. The fourth-order valence-corrected chi connectivity index (χ4v) is 1.79. The van der Waals surface area contributed by atoms with E-state index in [0.717, 1.165) is 0 Å². The summed E-state index contributed by atoms with van der Waals surface area (Å²) >= 11 is 0. The van der Waals surface area contributed by atoms with Crippen molar-refractivity contribution >= 4 is 11.6 Å². The zero-order valence-electron chi connectivity index (χ0n) is 11.5. The third-order valence-electron chi connectivity index (χ3n) is 2.37. The maximum atomic E-state index is 11.8. The van der Waals surface area contributed by atoms with Crippen LogP contribution in [0, 0.1) is 11.3 Å². The van der Waals surface area contributed by atoms with Gasteiger partial charge in [-0.2, -0.15) is 5.26 Å². The zero-order chi connectivity index (χ0) is 14.5. The number of rotatable bonds is 5. The van der Waals surface area contributed by atoms with E-state index in [9.17, 15) is 9.90 Å². The number of carbonyl (C=O) groups excluding carboxylic acids is 1. The Kier molecular flexibility index (Phi) is 5.04. The van der Waals surface area contributed by atoms with Crippen molar-refractivity contribution < 1.29 is 9.90 Å². The van der Waals surface area contributed by atoms with Gasteiger partial charge >= 0.3 is 0 Å². The van der Waals surface area contributed by atoms with Gasteiger partial charge in [-0.15, -0.1) is 0 Å². The van der Waals surface area contributed by atoms with Crippen molar-refractivity contribution in [2.75, 3.05) is 25.5 Å². The molecule has 19 heavy (non-hydrogen) atoms. The van der Waals surface area contributed by atoms with Crippen molar-refractivity contribution in [3.63, 3.8) is 0 Å². The van der Waals surface area contributed by atoms with E-state index in [-0.39, 0.29) is 12.5 Å². The van der Waals surface area contributed by atoms with Crippen LogP contribution in [0.5, 0.6) is 0 Å². The topological polar surface area (TPSA) is 76.4 Å². The fourth-order valence-electron chi connectivity index (χ4n) is 1.79. The Hall–Kier alpha value is -1.90. The van der Waals surface area contributed by atoms with Crippen molar-refractivity contribution in [1.82, 2.24) is 4.90 Å². The van der Waals surface area contributed by atoms with Crippen LogP contribution in [0.3, 0.4) is 0 Å². The van der Waals surface area contributed by atoms with E-state index in [4.69, 9.17) is 5.26 Å². The molecule has 0 saturated heterocycles. The molecule has 1 rings (SSSR count). The van der Waals surface area contributed by atoms with Gasteiger partial charge in [-0.05, 0) is 45.2 Å². The summed E-state index contributed by atoms with van der Waals surface area (Å²) in [6.07, 6.45) is 0. The molecule has 1 aromatic rings. The minimum absolute atomic E-state index is 0.156. The lowest BCUT2D eigenvalue weighted by molar-refractivity contribution is -0.117.